The minimum Gasteiger partial charge on any atom is -0.395 e. The predicted octanol–water partition coefficient (Wildman–Crippen LogP) is 1.42. The van der Waals surface area contributed by atoms with Crippen molar-refractivity contribution in [1.82, 2.24) is 9.97 Å². The Bertz CT molecular complexity index is 473. The molecule has 0 spiro atoms. The summed E-state index contributed by atoms with van der Waals surface area (Å²) in [5, 5.41) is 8.96. The molecule has 0 atom stereocenters. The van der Waals surface area contributed by atoms with Crippen LogP contribution in [-0.2, 0) is 5.41 Å². The Hall–Kier alpha value is -1.61. The Morgan fingerprint density at radius 2 is 1.90 bits per heavy atom. The van der Waals surface area contributed by atoms with Crippen LogP contribution in [0.5, 0.6) is 0 Å². The zero-order chi connectivity index (χ0) is 16.3. The third-order valence-corrected chi connectivity index (χ3v) is 2.60. The van der Waals surface area contributed by atoms with Crippen LogP contribution in [0.2, 0.25) is 0 Å². The van der Waals surface area contributed by atoms with Gasteiger partial charge in [0.1, 0.15) is 24.0 Å². The lowest BCUT2D eigenvalue weighted by Gasteiger charge is -2.26. The van der Waals surface area contributed by atoms with Gasteiger partial charge in [-0.05, 0) is 0 Å². The van der Waals surface area contributed by atoms with Crippen LogP contribution in [-0.4, -0.2) is 40.9 Å². The molecule has 1 heterocycles. The Morgan fingerprint density at radius 3 is 2.33 bits per heavy atom. The highest BCUT2D eigenvalue weighted by Gasteiger charge is 2.32. The number of aromatic nitrogens is 2. The van der Waals surface area contributed by atoms with E-state index in [0.29, 0.717) is 5.82 Å². The number of halogens is 3. The molecule has 0 aliphatic carbocycles. The minimum absolute atomic E-state index is 0.0641. The molecule has 0 bridgehead atoms. The Labute approximate surface area is 121 Å². The van der Waals surface area contributed by atoms with Crippen molar-refractivity contribution >= 4 is 11.6 Å². The van der Waals surface area contributed by atoms with Gasteiger partial charge in [-0.25, -0.2) is 15.8 Å². The Morgan fingerprint density at radius 1 is 1.29 bits per heavy atom. The van der Waals surface area contributed by atoms with Crippen molar-refractivity contribution in [3.63, 3.8) is 0 Å². The van der Waals surface area contributed by atoms with E-state index in [4.69, 9.17) is 10.9 Å². The van der Waals surface area contributed by atoms with Gasteiger partial charge in [0, 0.05) is 18.0 Å². The molecule has 6 nitrogen and oxygen atoms in total. The van der Waals surface area contributed by atoms with Crippen molar-refractivity contribution in [1.29, 1.82) is 0 Å². The first-order valence-corrected chi connectivity index (χ1v) is 6.35. The van der Waals surface area contributed by atoms with Crippen molar-refractivity contribution in [2.45, 2.75) is 32.4 Å². The van der Waals surface area contributed by atoms with Crippen LogP contribution in [0.1, 0.15) is 26.6 Å². The second-order valence-corrected chi connectivity index (χ2v) is 5.59. The van der Waals surface area contributed by atoms with E-state index in [-0.39, 0.29) is 18.2 Å². The number of nitrogen functional groups attached to an aromatic ring is 1. The fourth-order valence-electron chi connectivity index (χ4n) is 1.62. The summed E-state index contributed by atoms with van der Waals surface area (Å²) in [5.41, 5.74) is 1.86. The summed E-state index contributed by atoms with van der Waals surface area (Å²) >= 11 is 0. The molecule has 0 aliphatic rings. The molecule has 0 saturated carbocycles. The number of nitrogens with two attached hydrogens (primary N) is 1. The molecule has 0 amide bonds. The van der Waals surface area contributed by atoms with Crippen molar-refractivity contribution < 1.29 is 18.3 Å². The molecule has 0 fully saturated rings. The number of hydrogen-bond donors (Lipinski definition) is 3. The van der Waals surface area contributed by atoms with E-state index in [0.717, 1.165) is 4.90 Å². The highest BCUT2D eigenvalue weighted by atomic mass is 19.4. The molecular weight excluding hydrogens is 287 g/mol. The maximum atomic E-state index is 12.6. The van der Waals surface area contributed by atoms with Gasteiger partial charge in [0.05, 0.1) is 6.61 Å². The molecular formula is C12H20F3N5O. The van der Waals surface area contributed by atoms with E-state index in [1.54, 1.807) is 0 Å². The summed E-state index contributed by atoms with van der Waals surface area (Å²) in [6, 6.07) is 1.32. The minimum atomic E-state index is -4.40. The highest BCUT2D eigenvalue weighted by Crippen LogP contribution is 2.26. The molecule has 0 unspecified atom stereocenters. The van der Waals surface area contributed by atoms with Crippen molar-refractivity contribution in [3.8, 4) is 0 Å². The number of nitrogens with one attached hydrogen (secondary N) is 1. The van der Waals surface area contributed by atoms with E-state index in [2.05, 4.69) is 15.4 Å². The second-order valence-electron chi connectivity index (χ2n) is 5.59. The first-order valence-electron chi connectivity index (χ1n) is 6.35. The molecule has 1 aromatic rings. The first-order chi connectivity index (χ1) is 9.56. The van der Waals surface area contributed by atoms with Crippen LogP contribution < -0.4 is 16.2 Å². The van der Waals surface area contributed by atoms with Crippen molar-refractivity contribution in [2.24, 2.45) is 5.84 Å². The summed E-state index contributed by atoms with van der Waals surface area (Å²) in [7, 11) is 0. The van der Waals surface area contributed by atoms with Crippen LogP contribution >= 0.6 is 0 Å². The molecule has 9 heteroatoms. The molecule has 1 rings (SSSR count). The highest BCUT2D eigenvalue weighted by molar-refractivity contribution is 5.49. The maximum absolute atomic E-state index is 12.6. The Balaban J connectivity index is 3.23. The van der Waals surface area contributed by atoms with Crippen LogP contribution in [0, 0.1) is 0 Å². The van der Waals surface area contributed by atoms with Crippen LogP contribution in [0.4, 0.5) is 24.8 Å². The molecule has 120 valence electrons. The quantitative estimate of drug-likeness (QED) is 0.563. The summed E-state index contributed by atoms with van der Waals surface area (Å²) in [6.07, 6.45) is -4.40. The molecule has 0 radical (unpaired) electrons. The van der Waals surface area contributed by atoms with E-state index < -0.39 is 24.7 Å². The summed E-state index contributed by atoms with van der Waals surface area (Å²) in [4.78, 5) is 9.25. The number of hydrogen-bond acceptors (Lipinski definition) is 6. The van der Waals surface area contributed by atoms with Crippen LogP contribution in [0.25, 0.3) is 0 Å². The smallest absolute Gasteiger partial charge is 0.395 e. The lowest BCUT2D eigenvalue weighted by Crippen LogP contribution is -2.37. The number of aliphatic hydroxyl groups is 1. The zero-order valence-electron chi connectivity index (χ0n) is 12.2. The Kier molecular flexibility index (Phi) is 5.35. The number of rotatable bonds is 5. The average Bonchev–Trinajstić information content (AvgIpc) is 2.35. The lowest BCUT2D eigenvalue weighted by atomic mass is 9.96. The summed E-state index contributed by atoms with van der Waals surface area (Å²) < 4.78 is 37.9. The van der Waals surface area contributed by atoms with Crippen LogP contribution in [0.15, 0.2) is 6.07 Å². The number of nitrogens with zero attached hydrogens (tertiary/aromatic N) is 3. The number of aliphatic hydroxyl groups excluding tert-OH is 1. The first kappa shape index (κ1) is 17.4. The van der Waals surface area contributed by atoms with Gasteiger partial charge in [0.2, 0.25) is 0 Å². The number of hydrazine groups is 1. The predicted molar refractivity (Wildman–Crippen MR) is 73.9 cm³/mol. The summed E-state index contributed by atoms with van der Waals surface area (Å²) in [6.45, 7) is 3.70. The van der Waals surface area contributed by atoms with Crippen LogP contribution in [0.3, 0.4) is 0 Å². The lowest BCUT2D eigenvalue weighted by molar-refractivity contribution is -0.120. The fraction of sp³-hybridized carbons (Fsp3) is 0.667. The molecule has 0 saturated heterocycles. The molecule has 0 aromatic carbocycles. The van der Waals surface area contributed by atoms with E-state index in [9.17, 15) is 13.2 Å². The third-order valence-electron chi connectivity index (χ3n) is 2.60. The standard InChI is InChI=1S/C12H20F3N5O/c1-11(2,3)10-17-8(19-16)6-9(18-10)20(4-5-21)7-12(13,14)15/h6,21H,4-5,7,16H2,1-3H3,(H,17,18,19). The van der Waals surface area contributed by atoms with Gasteiger partial charge in [0.25, 0.3) is 0 Å². The largest absolute Gasteiger partial charge is 0.405 e. The van der Waals surface area contributed by atoms with Gasteiger partial charge >= 0.3 is 6.18 Å². The van der Waals surface area contributed by atoms with Crippen molar-refractivity contribution in [2.75, 3.05) is 30.0 Å². The molecule has 0 aliphatic heterocycles. The summed E-state index contributed by atoms with van der Waals surface area (Å²) in [5.74, 6) is 5.94. The maximum Gasteiger partial charge on any atom is 0.405 e. The third kappa shape index (κ3) is 5.35. The van der Waals surface area contributed by atoms with Gasteiger partial charge in [-0.15, -0.1) is 0 Å². The molecule has 1 aromatic heterocycles. The monoisotopic (exact) mass is 307 g/mol. The van der Waals surface area contributed by atoms with Gasteiger partial charge in [-0.3, -0.25) is 0 Å². The SMILES string of the molecule is CC(C)(C)c1nc(NN)cc(N(CCO)CC(F)(F)F)n1. The molecule has 4 N–H and O–H groups in total. The topological polar surface area (TPSA) is 87.3 Å². The van der Waals surface area contributed by atoms with Gasteiger partial charge in [0.15, 0.2) is 0 Å². The van der Waals surface area contributed by atoms with Crippen molar-refractivity contribution in [3.05, 3.63) is 11.9 Å². The average molecular weight is 307 g/mol. The van der Waals surface area contributed by atoms with E-state index >= 15 is 0 Å². The fourth-order valence-corrected chi connectivity index (χ4v) is 1.62. The molecule has 21 heavy (non-hydrogen) atoms. The van der Waals surface area contributed by atoms with E-state index in [1.807, 2.05) is 20.8 Å². The van der Waals surface area contributed by atoms with E-state index in [1.165, 1.54) is 6.07 Å². The second kappa shape index (κ2) is 6.44. The van der Waals surface area contributed by atoms with Gasteiger partial charge in [-0.1, -0.05) is 20.8 Å². The zero-order valence-corrected chi connectivity index (χ0v) is 12.2. The normalized spacial score (nSPS) is 12.4. The van der Waals surface area contributed by atoms with Gasteiger partial charge < -0.3 is 15.4 Å². The number of alkyl halides is 3. The number of anilines is 2. The van der Waals surface area contributed by atoms with Gasteiger partial charge in [-0.2, -0.15) is 13.2 Å².